The molecule has 1 heterocycles. The maximum Gasteiger partial charge on any atom is 0.270 e. The van der Waals surface area contributed by atoms with E-state index in [1.54, 1.807) is 7.05 Å². The Morgan fingerprint density at radius 2 is 1.83 bits per heavy atom. The number of nitro groups is 1. The minimum atomic E-state index is -3.80. The molecule has 30 heavy (non-hydrogen) atoms. The third-order valence-corrected chi connectivity index (χ3v) is 7.23. The van der Waals surface area contributed by atoms with Crippen LogP contribution in [0.1, 0.15) is 29.6 Å². The molecule has 160 valence electrons. The number of anilines is 2. The molecule has 0 saturated carbocycles. The van der Waals surface area contributed by atoms with Gasteiger partial charge in [-0.3, -0.25) is 14.9 Å². The first kappa shape index (κ1) is 22.0. The summed E-state index contributed by atoms with van der Waals surface area (Å²) in [5.74, 6) is -0.619. The van der Waals surface area contributed by atoms with Crippen LogP contribution in [-0.2, 0) is 10.0 Å². The number of benzene rings is 2. The standard InChI is InChI=1S/C19H21ClN4O5S/c1-21-17-8-6-14(24(26)27)12-15(17)19(25)22-13-5-7-16(20)18(11-13)30(28,29)23-9-3-2-4-10-23/h5-8,11-12,21H,2-4,9-10H2,1H3,(H,22,25). The fourth-order valence-corrected chi connectivity index (χ4v) is 5.29. The van der Waals surface area contributed by atoms with Crippen LogP contribution in [0.15, 0.2) is 41.3 Å². The summed E-state index contributed by atoms with van der Waals surface area (Å²) in [4.78, 5) is 23.1. The summed E-state index contributed by atoms with van der Waals surface area (Å²) >= 11 is 6.15. The van der Waals surface area contributed by atoms with E-state index in [9.17, 15) is 23.3 Å². The number of amides is 1. The van der Waals surface area contributed by atoms with Crippen LogP contribution in [0.2, 0.25) is 5.02 Å². The minimum Gasteiger partial charge on any atom is -0.387 e. The molecular weight excluding hydrogens is 432 g/mol. The second kappa shape index (κ2) is 8.99. The summed E-state index contributed by atoms with van der Waals surface area (Å²) < 4.78 is 27.4. The number of hydrogen-bond acceptors (Lipinski definition) is 6. The Balaban J connectivity index is 1.91. The van der Waals surface area contributed by atoms with Crippen LogP contribution >= 0.6 is 11.6 Å². The van der Waals surface area contributed by atoms with Crippen molar-refractivity contribution in [1.29, 1.82) is 0 Å². The van der Waals surface area contributed by atoms with E-state index in [1.807, 2.05) is 0 Å². The SMILES string of the molecule is CNc1ccc([N+](=O)[O-])cc1C(=O)Nc1ccc(Cl)c(S(=O)(=O)N2CCCCC2)c1. The van der Waals surface area contributed by atoms with E-state index in [-0.39, 0.29) is 26.9 Å². The van der Waals surface area contributed by atoms with E-state index >= 15 is 0 Å². The number of sulfonamides is 1. The van der Waals surface area contributed by atoms with Crippen LogP contribution in [0, 0.1) is 10.1 Å². The Labute approximate surface area is 179 Å². The fourth-order valence-electron chi connectivity index (χ4n) is 3.27. The monoisotopic (exact) mass is 452 g/mol. The second-order valence-corrected chi connectivity index (χ2v) is 9.11. The lowest BCUT2D eigenvalue weighted by Crippen LogP contribution is -2.35. The highest BCUT2D eigenvalue weighted by Crippen LogP contribution is 2.30. The summed E-state index contributed by atoms with van der Waals surface area (Å²) in [6, 6.07) is 8.06. The maximum absolute atomic E-state index is 13.0. The molecular formula is C19H21ClN4O5S. The molecule has 1 aliphatic heterocycles. The van der Waals surface area contributed by atoms with Crippen molar-refractivity contribution in [2.24, 2.45) is 0 Å². The predicted octanol–water partition coefficient (Wildman–Crippen LogP) is 3.72. The largest absolute Gasteiger partial charge is 0.387 e. The van der Waals surface area contributed by atoms with Gasteiger partial charge in [-0.05, 0) is 37.1 Å². The zero-order valence-electron chi connectivity index (χ0n) is 16.2. The Bertz CT molecular complexity index is 1080. The summed E-state index contributed by atoms with van der Waals surface area (Å²) in [6.07, 6.45) is 2.55. The number of rotatable bonds is 6. The zero-order valence-corrected chi connectivity index (χ0v) is 17.8. The van der Waals surface area contributed by atoms with Gasteiger partial charge >= 0.3 is 0 Å². The first-order valence-corrected chi connectivity index (χ1v) is 11.1. The Morgan fingerprint density at radius 3 is 2.47 bits per heavy atom. The lowest BCUT2D eigenvalue weighted by Gasteiger charge is -2.26. The van der Waals surface area contributed by atoms with Crippen molar-refractivity contribution >= 4 is 44.6 Å². The number of carbonyl (C=O) groups is 1. The van der Waals surface area contributed by atoms with Crippen LogP contribution in [0.3, 0.4) is 0 Å². The molecule has 0 aliphatic carbocycles. The maximum atomic E-state index is 13.0. The third-order valence-electron chi connectivity index (χ3n) is 4.85. The molecule has 0 bridgehead atoms. The first-order chi connectivity index (χ1) is 14.2. The van der Waals surface area contributed by atoms with E-state index < -0.39 is 20.9 Å². The number of hydrogen-bond donors (Lipinski definition) is 2. The zero-order chi connectivity index (χ0) is 21.9. The van der Waals surface area contributed by atoms with Crippen molar-refractivity contribution < 1.29 is 18.1 Å². The van der Waals surface area contributed by atoms with Gasteiger partial charge < -0.3 is 10.6 Å². The minimum absolute atomic E-state index is 0.0575. The van der Waals surface area contributed by atoms with Crippen molar-refractivity contribution in [3.63, 3.8) is 0 Å². The molecule has 2 aromatic rings. The number of non-ortho nitro benzene ring substituents is 1. The van der Waals surface area contributed by atoms with Gasteiger partial charge in [-0.1, -0.05) is 18.0 Å². The fraction of sp³-hybridized carbons (Fsp3) is 0.316. The molecule has 2 aromatic carbocycles. The highest BCUT2D eigenvalue weighted by molar-refractivity contribution is 7.89. The number of halogens is 1. The van der Waals surface area contributed by atoms with E-state index in [0.29, 0.717) is 18.8 Å². The Kier molecular flexibility index (Phi) is 6.59. The molecule has 1 saturated heterocycles. The lowest BCUT2D eigenvalue weighted by molar-refractivity contribution is -0.384. The first-order valence-electron chi connectivity index (χ1n) is 9.31. The molecule has 0 radical (unpaired) electrons. The average Bonchev–Trinajstić information content (AvgIpc) is 2.75. The highest BCUT2D eigenvalue weighted by atomic mass is 35.5. The molecule has 9 nitrogen and oxygen atoms in total. The number of nitrogens with zero attached hydrogens (tertiary/aromatic N) is 2. The van der Waals surface area contributed by atoms with Crippen molar-refractivity contribution in [2.45, 2.75) is 24.2 Å². The van der Waals surface area contributed by atoms with Crippen molar-refractivity contribution in [1.82, 2.24) is 4.31 Å². The van der Waals surface area contributed by atoms with Crippen LogP contribution < -0.4 is 10.6 Å². The smallest absolute Gasteiger partial charge is 0.270 e. The Morgan fingerprint density at radius 1 is 1.13 bits per heavy atom. The number of nitro benzene ring substituents is 1. The summed E-state index contributed by atoms with van der Waals surface area (Å²) in [5.41, 5.74) is 0.437. The molecule has 11 heteroatoms. The van der Waals surface area contributed by atoms with Gasteiger partial charge in [0.15, 0.2) is 0 Å². The number of piperidine rings is 1. The van der Waals surface area contributed by atoms with Gasteiger partial charge in [0.25, 0.3) is 11.6 Å². The van der Waals surface area contributed by atoms with Crippen molar-refractivity contribution in [3.8, 4) is 0 Å². The Hall–Kier alpha value is -2.69. The van der Waals surface area contributed by atoms with Gasteiger partial charge in [0.2, 0.25) is 10.0 Å². The highest BCUT2D eigenvalue weighted by Gasteiger charge is 2.28. The molecule has 0 spiro atoms. The van der Waals surface area contributed by atoms with E-state index in [1.165, 1.54) is 34.6 Å². The van der Waals surface area contributed by atoms with Crippen LogP contribution in [0.4, 0.5) is 17.1 Å². The van der Waals surface area contributed by atoms with Gasteiger partial charge in [0.1, 0.15) is 4.90 Å². The van der Waals surface area contributed by atoms with Gasteiger partial charge in [-0.2, -0.15) is 4.31 Å². The summed E-state index contributed by atoms with van der Waals surface area (Å²) in [6.45, 7) is 0.850. The topological polar surface area (TPSA) is 122 Å². The van der Waals surface area contributed by atoms with Crippen molar-refractivity contribution in [2.75, 3.05) is 30.8 Å². The molecule has 0 atom stereocenters. The summed E-state index contributed by atoms with van der Waals surface area (Å²) in [7, 11) is -2.21. The molecule has 2 N–H and O–H groups in total. The molecule has 1 fully saturated rings. The summed E-state index contributed by atoms with van der Waals surface area (Å²) in [5, 5.41) is 16.5. The van der Waals surface area contributed by atoms with Gasteiger partial charge in [-0.25, -0.2) is 8.42 Å². The van der Waals surface area contributed by atoms with Gasteiger partial charge in [-0.15, -0.1) is 0 Å². The molecule has 0 aromatic heterocycles. The van der Waals surface area contributed by atoms with E-state index in [0.717, 1.165) is 25.3 Å². The third kappa shape index (κ3) is 4.55. The second-order valence-electron chi connectivity index (χ2n) is 6.80. The van der Waals surface area contributed by atoms with Crippen molar-refractivity contribution in [3.05, 3.63) is 57.1 Å². The van der Waals surface area contributed by atoms with Gasteiger partial charge in [0.05, 0.1) is 15.5 Å². The molecule has 3 rings (SSSR count). The lowest BCUT2D eigenvalue weighted by atomic mass is 10.1. The number of nitrogens with one attached hydrogen (secondary N) is 2. The van der Waals surface area contributed by atoms with E-state index in [4.69, 9.17) is 11.6 Å². The van der Waals surface area contributed by atoms with Gasteiger partial charge in [0, 0.05) is 43.6 Å². The molecule has 1 amide bonds. The van der Waals surface area contributed by atoms with E-state index in [2.05, 4.69) is 10.6 Å². The average molecular weight is 453 g/mol. The normalized spacial score (nSPS) is 14.9. The van der Waals surface area contributed by atoms with Crippen LogP contribution in [0.25, 0.3) is 0 Å². The molecule has 1 aliphatic rings. The predicted molar refractivity (Wildman–Crippen MR) is 115 cm³/mol. The van der Waals surface area contributed by atoms with Crippen LogP contribution in [-0.4, -0.2) is 43.7 Å². The quantitative estimate of drug-likeness (QED) is 0.508. The van der Waals surface area contributed by atoms with Crippen LogP contribution in [0.5, 0.6) is 0 Å². The molecule has 0 unspecified atom stereocenters. The number of carbonyl (C=O) groups excluding carboxylic acids is 1.